The van der Waals surface area contributed by atoms with Crippen molar-refractivity contribution in [3.8, 4) is 5.75 Å². The summed E-state index contributed by atoms with van der Waals surface area (Å²) in [6.07, 6.45) is 5.71. The van der Waals surface area contributed by atoms with Gasteiger partial charge in [0.2, 0.25) is 0 Å². The summed E-state index contributed by atoms with van der Waals surface area (Å²) in [5.41, 5.74) is 7.14. The number of hydrogen-bond donors (Lipinski definition) is 1. The highest BCUT2D eigenvalue weighted by molar-refractivity contribution is 5.30. The molecule has 1 aliphatic carbocycles. The minimum Gasteiger partial charge on any atom is -0.491 e. The molecule has 1 saturated carbocycles. The van der Waals surface area contributed by atoms with Crippen molar-refractivity contribution in [2.24, 2.45) is 11.1 Å². The van der Waals surface area contributed by atoms with Gasteiger partial charge in [-0.1, -0.05) is 18.9 Å². The first-order valence-electron chi connectivity index (χ1n) is 6.80. The fraction of sp³-hybridized carbons (Fsp3) is 0.600. The molecule has 0 aromatic heterocycles. The van der Waals surface area contributed by atoms with Crippen LogP contribution in [0.5, 0.6) is 5.75 Å². The Balaban J connectivity index is 2.12. The SMILES string of the molecule is CCOc1ccc(CC2(CN)CCCC2)cc1F. The molecule has 1 aromatic carbocycles. The molecule has 0 atom stereocenters. The molecule has 1 fully saturated rings. The van der Waals surface area contributed by atoms with Crippen molar-refractivity contribution in [1.82, 2.24) is 0 Å². The van der Waals surface area contributed by atoms with Crippen LogP contribution in [0, 0.1) is 11.2 Å². The van der Waals surface area contributed by atoms with Gasteiger partial charge in [-0.25, -0.2) is 4.39 Å². The zero-order valence-corrected chi connectivity index (χ0v) is 11.0. The molecule has 0 amide bonds. The molecule has 0 saturated heterocycles. The van der Waals surface area contributed by atoms with Crippen LogP contribution in [0.15, 0.2) is 18.2 Å². The lowest BCUT2D eigenvalue weighted by molar-refractivity contribution is 0.303. The second-order valence-corrected chi connectivity index (χ2v) is 5.29. The van der Waals surface area contributed by atoms with Crippen molar-refractivity contribution in [3.05, 3.63) is 29.6 Å². The summed E-state index contributed by atoms with van der Waals surface area (Å²) in [4.78, 5) is 0. The van der Waals surface area contributed by atoms with Crippen LogP contribution >= 0.6 is 0 Å². The maximum absolute atomic E-state index is 13.8. The molecule has 1 aromatic rings. The standard InChI is InChI=1S/C15H22FNO/c1-2-18-14-6-5-12(9-13(14)16)10-15(11-17)7-3-4-8-15/h5-6,9H,2-4,7-8,10-11,17H2,1H3. The largest absolute Gasteiger partial charge is 0.491 e. The van der Waals surface area contributed by atoms with E-state index < -0.39 is 0 Å². The highest BCUT2D eigenvalue weighted by Gasteiger charge is 2.32. The van der Waals surface area contributed by atoms with E-state index in [9.17, 15) is 4.39 Å². The summed E-state index contributed by atoms with van der Waals surface area (Å²) in [5, 5.41) is 0. The molecule has 0 spiro atoms. The molecule has 0 aliphatic heterocycles. The van der Waals surface area contributed by atoms with Crippen LogP contribution in [0.25, 0.3) is 0 Å². The molecule has 1 aliphatic rings. The number of halogens is 1. The predicted molar refractivity (Wildman–Crippen MR) is 71.2 cm³/mol. The average molecular weight is 251 g/mol. The van der Waals surface area contributed by atoms with Gasteiger partial charge in [0.25, 0.3) is 0 Å². The Kier molecular flexibility index (Phi) is 4.23. The lowest BCUT2D eigenvalue weighted by Crippen LogP contribution is -2.29. The van der Waals surface area contributed by atoms with Gasteiger partial charge in [0.15, 0.2) is 11.6 Å². The number of nitrogens with two attached hydrogens (primary N) is 1. The Labute approximate surface area is 108 Å². The van der Waals surface area contributed by atoms with Crippen LogP contribution in [-0.2, 0) is 6.42 Å². The van der Waals surface area contributed by atoms with Crippen LogP contribution in [0.1, 0.15) is 38.2 Å². The van der Waals surface area contributed by atoms with Crippen LogP contribution in [0.3, 0.4) is 0 Å². The van der Waals surface area contributed by atoms with Crippen molar-refractivity contribution in [2.75, 3.05) is 13.2 Å². The summed E-state index contributed by atoms with van der Waals surface area (Å²) in [5.74, 6) is 0.0778. The van der Waals surface area contributed by atoms with E-state index in [2.05, 4.69) is 0 Å². The van der Waals surface area contributed by atoms with Crippen molar-refractivity contribution >= 4 is 0 Å². The van der Waals surface area contributed by atoms with Gasteiger partial charge in [-0.3, -0.25) is 0 Å². The molecular formula is C15H22FNO. The molecule has 2 nitrogen and oxygen atoms in total. The summed E-state index contributed by atoms with van der Waals surface area (Å²) in [6.45, 7) is 3.04. The van der Waals surface area contributed by atoms with Gasteiger partial charge in [-0.05, 0) is 55.8 Å². The van der Waals surface area contributed by atoms with Gasteiger partial charge < -0.3 is 10.5 Å². The third-order valence-corrected chi connectivity index (χ3v) is 3.97. The Morgan fingerprint density at radius 3 is 2.61 bits per heavy atom. The van der Waals surface area contributed by atoms with Crippen molar-refractivity contribution in [1.29, 1.82) is 0 Å². The molecule has 2 rings (SSSR count). The molecule has 0 radical (unpaired) electrons. The minimum absolute atomic E-state index is 0.194. The number of hydrogen-bond acceptors (Lipinski definition) is 2. The van der Waals surface area contributed by atoms with E-state index in [0.717, 1.165) is 12.0 Å². The highest BCUT2D eigenvalue weighted by atomic mass is 19.1. The fourth-order valence-corrected chi connectivity index (χ4v) is 2.94. The van der Waals surface area contributed by atoms with Gasteiger partial charge in [-0.15, -0.1) is 0 Å². The van der Waals surface area contributed by atoms with Gasteiger partial charge in [0, 0.05) is 0 Å². The molecule has 0 bridgehead atoms. The minimum atomic E-state index is -0.264. The summed E-state index contributed by atoms with van der Waals surface area (Å²) < 4.78 is 19.0. The Bertz CT molecular complexity index is 399. The van der Waals surface area contributed by atoms with Crippen LogP contribution in [0.2, 0.25) is 0 Å². The van der Waals surface area contributed by atoms with Crippen molar-refractivity contribution in [3.63, 3.8) is 0 Å². The van der Waals surface area contributed by atoms with E-state index in [1.165, 1.54) is 25.7 Å². The van der Waals surface area contributed by atoms with Crippen molar-refractivity contribution < 1.29 is 9.13 Å². The zero-order valence-electron chi connectivity index (χ0n) is 11.0. The van der Waals surface area contributed by atoms with Gasteiger partial charge in [-0.2, -0.15) is 0 Å². The fourth-order valence-electron chi connectivity index (χ4n) is 2.94. The van der Waals surface area contributed by atoms with Crippen LogP contribution in [-0.4, -0.2) is 13.2 Å². The smallest absolute Gasteiger partial charge is 0.165 e. The molecule has 18 heavy (non-hydrogen) atoms. The van der Waals surface area contributed by atoms with Crippen molar-refractivity contribution in [2.45, 2.75) is 39.0 Å². The number of benzene rings is 1. The summed E-state index contributed by atoms with van der Waals surface area (Å²) in [6, 6.07) is 5.29. The van der Waals surface area contributed by atoms with E-state index in [1.807, 2.05) is 13.0 Å². The van der Waals surface area contributed by atoms with E-state index in [-0.39, 0.29) is 11.2 Å². The van der Waals surface area contributed by atoms with Gasteiger partial charge in [0.1, 0.15) is 0 Å². The van der Waals surface area contributed by atoms with Crippen LogP contribution in [0.4, 0.5) is 4.39 Å². The first-order valence-corrected chi connectivity index (χ1v) is 6.80. The zero-order chi connectivity index (χ0) is 13.0. The third kappa shape index (κ3) is 2.83. The average Bonchev–Trinajstić information content (AvgIpc) is 2.82. The molecule has 0 heterocycles. The first-order chi connectivity index (χ1) is 8.69. The normalized spacial score (nSPS) is 17.9. The Hall–Kier alpha value is -1.09. The lowest BCUT2D eigenvalue weighted by atomic mass is 9.80. The number of ether oxygens (including phenoxy) is 1. The van der Waals surface area contributed by atoms with E-state index in [4.69, 9.17) is 10.5 Å². The van der Waals surface area contributed by atoms with Gasteiger partial charge in [0.05, 0.1) is 6.61 Å². The third-order valence-electron chi connectivity index (χ3n) is 3.97. The second-order valence-electron chi connectivity index (χ2n) is 5.29. The lowest BCUT2D eigenvalue weighted by Gasteiger charge is -2.27. The maximum Gasteiger partial charge on any atom is 0.165 e. The topological polar surface area (TPSA) is 35.2 Å². The molecular weight excluding hydrogens is 229 g/mol. The molecule has 2 N–H and O–H groups in total. The quantitative estimate of drug-likeness (QED) is 0.871. The summed E-state index contributed by atoms with van der Waals surface area (Å²) in [7, 11) is 0. The Morgan fingerprint density at radius 1 is 1.33 bits per heavy atom. The first kappa shape index (κ1) is 13.3. The monoisotopic (exact) mass is 251 g/mol. The molecule has 0 unspecified atom stereocenters. The highest BCUT2D eigenvalue weighted by Crippen LogP contribution is 2.40. The van der Waals surface area contributed by atoms with Gasteiger partial charge >= 0.3 is 0 Å². The van der Waals surface area contributed by atoms with E-state index in [0.29, 0.717) is 18.9 Å². The van der Waals surface area contributed by atoms with E-state index in [1.54, 1.807) is 12.1 Å². The summed E-state index contributed by atoms with van der Waals surface area (Å²) >= 11 is 0. The molecule has 100 valence electrons. The maximum atomic E-state index is 13.8. The Morgan fingerprint density at radius 2 is 2.06 bits per heavy atom. The predicted octanol–water partition coefficient (Wildman–Crippen LogP) is 3.29. The number of rotatable bonds is 5. The van der Waals surface area contributed by atoms with E-state index >= 15 is 0 Å². The second kappa shape index (κ2) is 5.70. The van der Waals surface area contributed by atoms with Crippen LogP contribution < -0.4 is 10.5 Å². The molecule has 3 heteroatoms.